The van der Waals surface area contributed by atoms with Crippen LogP contribution in [0.25, 0.3) is 0 Å². The number of nitrogens with zero attached hydrogens (tertiary/aromatic N) is 1. The Bertz CT molecular complexity index is 410. The van der Waals surface area contributed by atoms with Crippen LogP contribution in [0.1, 0.15) is 30.2 Å². The normalized spacial score (nSPS) is 29.6. The molecule has 15 heavy (non-hydrogen) atoms. The Morgan fingerprint density at radius 1 is 1.73 bits per heavy atom. The molecule has 2 unspecified atom stereocenters. The monoisotopic (exact) mass is 210 g/mol. The first-order valence-corrected chi connectivity index (χ1v) is 4.68. The van der Waals surface area contributed by atoms with Gasteiger partial charge in [-0.15, -0.1) is 0 Å². The molecule has 0 aliphatic heterocycles. The molecule has 1 heterocycles. The fourth-order valence-corrected chi connectivity index (χ4v) is 1.88. The van der Waals surface area contributed by atoms with Crippen molar-refractivity contribution in [2.45, 2.75) is 24.6 Å². The first kappa shape index (κ1) is 10.0. The summed E-state index contributed by atoms with van der Waals surface area (Å²) in [6, 6.07) is 2.96. The maximum Gasteiger partial charge on any atom is 0.259 e. The molecule has 3 N–H and O–H groups in total. The molecule has 0 saturated heterocycles. The SMILES string of the molecule is NC(=O)C1(F)CCC(O)c2ncccc21. The van der Waals surface area contributed by atoms with E-state index in [1.807, 2.05) is 0 Å². The van der Waals surface area contributed by atoms with Gasteiger partial charge in [0, 0.05) is 11.8 Å². The Kier molecular flexibility index (Phi) is 2.19. The van der Waals surface area contributed by atoms with Gasteiger partial charge in [-0.25, -0.2) is 4.39 Å². The Morgan fingerprint density at radius 2 is 2.47 bits per heavy atom. The number of aliphatic hydroxyl groups is 1. The quantitative estimate of drug-likeness (QED) is 0.711. The summed E-state index contributed by atoms with van der Waals surface area (Å²) in [7, 11) is 0. The molecular weight excluding hydrogens is 199 g/mol. The number of aliphatic hydroxyl groups excluding tert-OH is 1. The summed E-state index contributed by atoms with van der Waals surface area (Å²) in [5.74, 6) is -1.02. The Labute approximate surface area is 85.9 Å². The molecule has 0 fully saturated rings. The zero-order chi connectivity index (χ0) is 11.1. The summed E-state index contributed by atoms with van der Waals surface area (Å²) in [6.45, 7) is 0. The van der Waals surface area contributed by atoms with Crippen LogP contribution in [0, 0.1) is 0 Å². The van der Waals surface area contributed by atoms with E-state index < -0.39 is 17.7 Å². The highest BCUT2D eigenvalue weighted by atomic mass is 19.1. The summed E-state index contributed by atoms with van der Waals surface area (Å²) in [4.78, 5) is 15.0. The topological polar surface area (TPSA) is 76.2 Å². The number of fused-ring (bicyclic) bond motifs is 1. The highest BCUT2D eigenvalue weighted by Crippen LogP contribution is 2.41. The van der Waals surface area contributed by atoms with Crippen LogP contribution >= 0.6 is 0 Å². The van der Waals surface area contributed by atoms with Gasteiger partial charge in [0.25, 0.3) is 5.91 Å². The number of nitrogens with two attached hydrogens (primary N) is 1. The molecule has 4 nitrogen and oxygen atoms in total. The summed E-state index contributed by atoms with van der Waals surface area (Å²) in [5.41, 5.74) is 3.15. The Hall–Kier alpha value is -1.49. The average Bonchev–Trinajstić information content (AvgIpc) is 2.24. The molecule has 1 aromatic heterocycles. The molecule has 0 saturated carbocycles. The number of halogens is 1. The van der Waals surface area contributed by atoms with Crippen molar-refractivity contribution >= 4 is 5.91 Å². The largest absolute Gasteiger partial charge is 0.387 e. The van der Waals surface area contributed by atoms with Crippen LogP contribution in [-0.2, 0) is 10.5 Å². The minimum atomic E-state index is -2.19. The molecule has 5 heteroatoms. The molecule has 0 radical (unpaired) electrons. The van der Waals surface area contributed by atoms with E-state index in [4.69, 9.17) is 5.73 Å². The number of carbonyl (C=O) groups is 1. The van der Waals surface area contributed by atoms with Crippen molar-refractivity contribution in [3.63, 3.8) is 0 Å². The zero-order valence-corrected chi connectivity index (χ0v) is 7.98. The van der Waals surface area contributed by atoms with Crippen molar-refractivity contribution in [2.24, 2.45) is 5.73 Å². The predicted molar refractivity (Wildman–Crippen MR) is 50.4 cm³/mol. The van der Waals surface area contributed by atoms with Crippen molar-refractivity contribution in [1.82, 2.24) is 4.98 Å². The number of hydrogen-bond donors (Lipinski definition) is 2. The van der Waals surface area contributed by atoms with E-state index in [0.29, 0.717) is 0 Å². The predicted octanol–water partition coefficient (Wildman–Crippen LogP) is 0.559. The minimum Gasteiger partial charge on any atom is -0.387 e. The van der Waals surface area contributed by atoms with Crippen LogP contribution in [0.15, 0.2) is 18.3 Å². The van der Waals surface area contributed by atoms with Crippen molar-refractivity contribution in [2.75, 3.05) is 0 Å². The number of hydrogen-bond acceptors (Lipinski definition) is 3. The van der Waals surface area contributed by atoms with Crippen molar-refractivity contribution in [3.05, 3.63) is 29.6 Å². The van der Waals surface area contributed by atoms with E-state index in [0.717, 1.165) is 0 Å². The van der Waals surface area contributed by atoms with Crippen molar-refractivity contribution < 1.29 is 14.3 Å². The first-order chi connectivity index (χ1) is 7.05. The third-order valence-electron chi connectivity index (χ3n) is 2.73. The fraction of sp³-hybridized carbons (Fsp3) is 0.400. The van der Waals surface area contributed by atoms with Gasteiger partial charge in [0.1, 0.15) is 0 Å². The molecular formula is C10H11FN2O2. The Balaban J connectivity index is 2.58. The third-order valence-corrected chi connectivity index (χ3v) is 2.73. The maximum atomic E-state index is 14.2. The van der Waals surface area contributed by atoms with Gasteiger partial charge in [-0.05, 0) is 18.9 Å². The number of amides is 1. The maximum absolute atomic E-state index is 14.2. The smallest absolute Gasteiger partial charge is 0.259 e. The Morgan fingerprint density at radius 3 is 3.13 bits per heavy atom. The van der Waals surface area contributed by atoms with Crippen LogP contribution < -0.4 is 5.73 Å². The summed E-state index contributed by atoms with van der Waals surface area (Å²) >= 11 is 0. The molecule has 1 aliphatic carbocycles. The van der Waals surface area contributed by atoms with Crippen LogP contribution in [0.3, 0.4) is 0 Å². The van der Waals surface area contributed by atoms with Gasteiger partial charge in [0.15, 0.2) is 0 Å². The van der Waals surface area contributed by atoms with Crippen LogP contribution in [0.5, 0.6) is 0 Å². The van der Waals surface area contributed by atoms with E-state index in [9.17, 15) is 14.3 Å². The first-order valence-electron chi connectivity index (χ1n) is 4.68. The lowest BCUT2D eigenvalue weighted by Gasteiger charge is -2.30. The highest BCUT2D eigenvalue weighted by molar-refractivity contribution is 5.85. The van der Waals surface area contributed by atoms with E-state index >= 15 is 0 Å². The van der Waals surface area contributed by atoms with Gasteiger partial charge < -0.3 is 10.8 Å². The van der Waals surface area contributed by atoms with Crippen LogP contribution in [0.2, 0.25) is 0 Å². The second-order valence-corrected chi connectivity index (χ2v) is 3.66. The van der Waals surface area contributed by atoms with Crippen molar-refractivity contribution in [3.8, 4) is 0 Å². The molecule has 80 valence electrons. The van der Waals surface area contributed by atoms with Gasteiger partial charge in [0.2, 0.25) is 5.67 Å². The fourth-order valence-electron chi connectivity index (χ4n) is 1.88. The number of rotatable bonds is 1. The minimum absolute atomic E-state index is 0.0938. The molecule has 2 atom stereocenters. The molecule has 1 aromatic rings. The van der Waals surface area contributed by atoms with E-state index in [1.165, 1.54) is 18.3 Å². The summed E-state index contributed by atoms with van der Waals surface area (Å²) in [5, 5.41) is 9.59. The summed E-state index contributed by atoms with van der Waals surface area (Å²) < 4.78 is 14.2. The van der Waals surface area contributed by atoms with Crippen molar-refractivity contribution in [1.29, 1.82) is 0 Å². The lowest BCUT2D eigenvalue weighted by Crippen LogP contribution is -2.41. The van der Waals surface area contributed by atoms with Crippen LogP contribution in [0.4, 0.5) is 4.39 Å². The molecule has 0 aromatic carbocycles. The second-order valence-electron chi connectivity index (χ2n) is 3.66. The number of alkyl halides is 1. The van der Waals surface area contributed by atoms with Crippen LogP contribution in [-0.4, -0.2) is 16.0 Å². The van der Waals surface area contributed by atoms with Gasteiger partial charge in [-0.1, -0.05) is 6.07 Å². The molecule has 0 bridgehead atoms. The van der Waals surface area contributed by atoms with Gasteiger partial charge in [-0.3, -0.25) is 9.78 Å². The molecule has 1 amide bonds. The van der Waals surface area contributed by atoms with E-state index in [1.54, 1.807) is 0 Å². The van der Waals surface area contributed by atoms with E-state index in [-0.39, 0.29) is 24.1 Å². The molecule has 2 rings (SSSR count). The lowest BCUT2D eigenvalue weighted by atomic mass is 9.81. The second kappa shape index (κ2) is 3.27. The lowest BCUT2D eigenvalue weighted by molar-refractivity contribution is -0.131. The highest BCUT2D eigenvalue weighted by Gasteiger charge is 2.45. The number of aromatic nitrogens is 1. The molecule has 1 aliphatic rings. The average molecular weight is 210 g/mol. The standard InChI is InChI=1S/C10H11FN2O2/c11-10(9(12)15)4-3-7(14)8-6(10)2-1-5-13-8/h1-2,5,7,14H,3-4H2,(H2,12,15). The molecule has 0 spiro atoms. The van der Waals surface area contributed by atoms with Gasteiger partial charge in [0.05, 0.1) is 11.8 Å². The number of primary amides is 1. The third kappa shape index (κ3) is 1.39. The zero-order valence-electron chi connectivity index (χ0n) is 7.98. The summed E-state index contributed by atoms with van der Waals surface area (Å²) in [6.07, 6.45) is 0.699. The number of carbonyl (C=O) groups excluding carboxylic acids is 1. The van der Waals surface area contributed by atoms with Gasteiger partial charge in [-0.2, -0.15) is 0 Å². The number of pyridine rings is 1. The van der Waals surface area contributed by atoms with E-state index in [2.05, 4.69) is 4.98 Å². The van der Waals surface area contributed by atoms with Gasteiger partial charge >= 0.3 is 0 Å².